The summed E-state index contributed by atoms with van der Waals surface area (Å²) in [5, 5.41) is 16.9. The molecule has 2 rings (SSSR count). The summed E-state index contributed by atoms with van der Waals surface area (Å²) in [7, 11) is 3.95. The number of hydrogen-bond acceptors (Lipinski definition) is 6. The Morgan fingerprint density at radius 1 is 1.40 bits per heavy atom. The first-order valence-electron chi connectivity index (χ1n) is 5.97. The lowest BCUT2D eigenvalue weighted by molar-refractivity contribution is -0.120. The van der Waals surface area contributed by atoms with E-state index in [2.05, 4.69) is 31.2 Å². The molecule has 0 unspecified atom stereocenters. The number of carbonyl (C=O) groups excluding carboxylic acids is 1. The number of rotatable bonds is 5. The second-order valence-electron chi connectivity index (χ2n) is 4.28. The molecule has 0 saturated heterocycles. The summed E-state index contributed by atoms with van der Waals surface area (Å²) < 4.78 is 0. The van der Waals surface area contributed by atoms with Gasteiger partial charge >= 0.3 is 0 Å². The summed E-state index contributed by atoms with van der Waals surface area (Å²) in [5.74, 6) is 0.0283. The highest BCUT2D eigenvalue weighted by Crippen LogP contribution is 2.10. The Kier molecular flexibility index (Phi) is 4.38. The topological polar surface area (TPSA) is 99.2 Å². The number of carbonyl (C=O) groups is 1. The molecule has 0 aliphatic rings. The van der Waals surface area contributed by atoms with Crippen LogP contribution < -0.4 is 10.3 Å². The lowest BCUT2D eigenvalue weighted by Crippen LogP contribution is -2.20. The van der Waals surface area contributed by atoms with E-state index in [1.165, 1.54) is 0 Å². The number of hydrazone groups is 1. The first-order chi connectivity index (χ1) is 9.65. The van der Waals surface area contributed by atoms with Crippen molar-refractivity contribution in [3.63, 3.8) is 0 Å². The second kappa shape index (κ2) is 6.41. The van der Waals surface area contributed by atoms with Gasteiger partial charge in [-0.05, 0) is 17.7 Å². The minimum atomic E-state index is -0.299. The van der Waals surface area contributed by atoms with E-state index in [9.17, 15) is 4.79 Å². The molecule has 0 aliphatic heterocycles. The van der Waals surface area contributed by atoms with Crippen LogP contribution in [-0.4, -0.2) is 46.8 Å². The smallest absolute Gasteiger partial charge is 0.247 e. The molecule has 1 aromatic heterocycles. The third-order valence-electron chi connectivity index (χ3n) is 2.52. The SMILES string of the molecule is CN(C)c1ccc(/C=N\NC(=O)Cc2nn[nH]n2)cc1. The Morgan fingerprint density at radius 3 is 2.75 bits per heavy atom. The molecule has 0 fully saturated rings. The molecule has 20 heavy (non-hydrogen) atoms. The Bertz CT molecular complexity index is 574. The number of benzene rings is 1. The lowest BCUT2D eigenvalue weighted by Gasteiger charge is -2.11. The number of aromatic nitrogens is 4. The maximum Gasteiger partial charge on any atom is 0.247 e. The number of hydrogen-bond donors (Lipinski definition) is 2. The summed E-state index contributed by atoms with van der Waals surface area (Å²) in [6.07, 6.45) is 1.61. The highest BCUT2D eigenvalue weighted by Gasteiger charge is 2.05. The summed E-state index contributed by atoms with van der Waals surface area (Å²) in [4.78, 5) is 13.5. The number of amides is 1. The average molecular weight is 273 g/mol. The van der Waals surface area contributed by atoms with Crippen LogP contribution in [0.1, 0.15) is 11.4 Å². The Hall–Kier alpha value is -2.77. The zero-order valence-corrected chi connectivity index (χ0v) is 11.2. The van der Waals surface area contributed by atoms with E-state index in [0.717, 1.165) is 11.3 Å². The van der Waals surface area contributed by atoms with Gasteiger partial charge in [0.05, 0.1) is 12.6 Å². The van der Waals surface area contributed by atoms with Gasteiger partial charge in [-0.3, -0.25) is 4.79 Å². The third kappa shape index (κ3) is 3.87. The van der Waals surface area contributed by atoms with Gasteiger partial charge in [-0.1, -0.05) is 17.3 Å². The summed E-state index contributed by atoms with van der Waals surface area (Å²) in [6.45, 7) is 0. The van der Waals surface area contributed by atoms with E-state index in [-0.39, 0.29) is 12.3 Å². The number of aromatic amines is 1. The molecule has 0 saturated carbocycles. The molecule has 0 atom stereocenters. The summed E-state index contributed by atoms with van der Waals surface area (Å²) in [6, 6.07) is 7.79. The Morgan fingerprint density at radius 2 is 2.15 bits per heavy atom. The summed E-state index contributed by atoms with van der Waals surface area (Å²) in [5.41, 5.74) is 4.40. The van der Waals surface area contributed by atoms with Gasteiger partial charge in [-0.2, -0.15) is 10.3 Å². The first kappa shape index (κ1) is 13.7. The van der Waals surface area contributed by atoms with E-state index >= 15 is 0 Å². The van der Waals surface area contributed by atoms with Crippen LogP contribution in [0.4, 0.5) is 5.69 Å². The molecule has 1 amide bonds. The van der Waals surface area contributed by atoms with Crippen molar-refractivity contribution in [1.82, 2.24) is 26.0 Å². The van der Waals surface area contributed by atoms with Crippen LogP contribution in [0.15, 0.2) is 29.4 Å². The second-order valence-corrected chi connectivity index (χ2v) is 4.28. The number of H-pyrrole nitrogens is 1. The summed E-state index contributed by atoms with van der Waals surface area (Å²) >= 11 is 0. The van der Waals surface area contributed by atoms with Crippen molar-refractivity contribution in [2.45, 2.75) is 6.42 Å². The number of tetrazole rings is 1. The molecule has 8 nitrogen and oxygen atoms in total. The standard InChI is InChI=1S/C12H15N7O/c1-19(2)10-5-3-9(4-6-10)8-13-16-12(20)7-11-14-17-18-15-11/h3-6,8H,7H2,1-2H3,(H,16,20)(H,14,15,17,18)/b13-8-. The Balaban J connectivity index is 1.85. The van der Waals surface area contributed by atoms with E-state index in [1.807, 2.05) is 43.3 Å². The maximum absolute atomic E-state index is 11.5. The van der Waals surface area contributed by atoms with Gasteiger partial charge in [-0.25, -0.2) is 5.43 Å². The fraction of sp³-hybridized carbons (Fsp3) is 0.250. The Labute approximate surface area is 115 Å². The quantitative estimate of drug-likeness (QED) is 0.588. The zero-order valence-electron chi connectivity index (χ0n) is 11.2. The van der Waals surface area contributed by atoms with Crippen LogP contribution >= 0.6 is 0 Å². The van der Waals surface area contributed by atoms with E-state index in [1.54, 1.807) is 6.21 Å². The molecule has 104 valence electrons. The minimum absolute atomic E-state index is 0.0351. The van der Waals surface area contributed by atoms with E-state index in [0.29, 0.717) is 5.82 Å². The van der Waals surface area contributed by atoms with Crippen molar-refractivity contribution in [1.29, 1.82) is 0 Å². The normalized spacial score (nSPS) is 10.7. The van der Waals surface area contributed by atoms with E-state index < -0.39 is 0 Å². The molecule has 1 heterocycles. The molecule has 8 heteroatoms. The van der Waals surface area contributed by atoms with Crippen LogP contribution in [0.3, 0.4) is 0 Å². The van der Waals surface area contributed by atoms with Crippen LogP contribution in [0.2, 0.25) is 0 Å². The molecule has 2 aromatic rings. The predicted octanol–water partition coefficient (Wildman–Crippen LogP) is -0.0415. The lowest BCUT2D eigenvalue weighted by atomic mass is 10.2. The zero-order chi connectivity index (χ0) is 14.4. The fourth-order valence-electron chi connectivity index (χ4n) is 1.48. The third-order valence-corrected chi connectivity index (χ3v) is 2.52. The highest BCUT2D eigenvalue weighted by molar-refractivity contribution is 5.83. The van der Waals surface area contributed by atoms with Gasteiger partial charge in [0, 0.05) is 19.8 Å². The van der Waals surface area contributed by atoms with Gasteiger partial charge in [0.15, 0.2) is 5.82 Å². The molecule has 0 aliphatic carbocycles. The van der Waals surface area contributed by atoms with Gasteiger partial charge < -0.3 is 4.90 Å². The van der Waals surface area contributed by atoms with Crippen LogP contribution in [-0.2, 0) is 11.2 Å². The van der Waals surface area contributed by atoms with Crippen molar-refractivity contribution in [3.8, 4) is 0 Å². The van der Waals surface area contributed by atoms with Gasteiger partial charge in [-0.15, -0.1) is 10.2 Å². The predicted molar refractivity (Wildman–Crippen MR) is 74.4 cm³/mol. The van der Waals surface area contributed by atoms with Gasteiger partial charge in [0.25, 0.3) is 0 Å². The van der Waals surface area contributed by atoms with Gasteiger partial charge in [0.2, 0.25) is 5.91 Å². The molecule has 0 spiro atoms. The highest BCUT2D eigenvalue weighted by atomic mass is 16.2. The minimum Gasteiger partial charge on any atom is -0.378 e. The molecular formula is C12H15N7O. The van der Waals surface area contributed by atoms with Crippen molar-refractivity contribution in [2.75, 3.05) is 19.0 Å². The van der Waals surface area contributed by atoms with Crippen molar-refractivity contribution < 1.29 is 4.79 Å². The maximum atomic E-state index is 11.5. The van der Waals surface area contributed by atoms with Crippen LogP contribution in [0.25, 0.3) is 0 Å². The monoisotopic (exact) mass is 273 g/mol. The van der Waals surface area contributed by atoms with Gasteiger partial charge in [0.1, 0.15) is 0 Å². The van der Waals surface area contributed by atoms with Crippen LogP contribution in [0.5, 0.6) is 0 Å². The average Bonchev–Trinajstić information content (AvgIpc) is 2.92. The fourth-order valence-corrected chi connectivity index (χ4v) is 1.48. The molecule has 2 N–H and O–H groups in total. The van der Waals surface area contributed by atoms with Crippen molar-refractivity contribution >= 4 is 17.8 Å². The number of anilines is 1. The van der Waals surface area contributed by atoms with E-state index in [4.69, 9.17) is 0 Å². The largest absolute Gasteiger partial charge is 0.378 e. The van der Waals surface area contributed by atoms with Crippen molar-refractivity contribution in [2.24, 2.45) is 5.10 Å². The number of nitrogens with zero attached hydrogens (tertiary/aromatic N) is 5. The molecular weight excluding hydrogens is 258 g/mol. The molecule has 0 bridgehead atoms. The molecule has 1 aromatic carbocycles. The van der Waals surface area contributed by atoms with Crippen molar-refractivity contribution in [3.05, 3.63) is 35.7 Å². The van der Waals surface area contributed by atoms with Crippen LogP contribution in [0, 0.1) is 0 Å². The molecule has 0 radical (unpaired) electrons. The number of nitrogens with one attached hydrogen (secondary N) is 2. The first-order valence-corrected chi connectivity index (χ1v) is 5.97.